The van der Waals surface area contributed by atoms with Gasteiger partial charge < -0.3 is 4.74 Å². The first-order valence-electron chi connectivity index (χ1n) is 7.25. The molecule has 1 atom stereocenters. The lowest BCUT2D eigenvalue weighted by Gasteiger charge is -2.21. The first-order valence-corrected chi connectivity index (χ1v) is 7.25. The summed E-state index contributed by atoms with van der Waals surface area (Å²) in [5.74, 6) is -1.84. The van der Waals surface area contributed by atoms with Gasteiger partial charge in [-0.1, -0.05) is 12.1 Å². The zero-order chi connectivity index (χ0) is 15.7. The van der Waals surface area contributed by atoms with Crippen molar-refractivity contribution in [2.45, 2.75) is 31.8 Å². The first kappa shape index (κ1) is 14.4. The molecule has 22 heavy (non-hydrogen) atoms. The van der Waals surface area contributed by atoms with Gasteiger partial charge in [0.1, 0.15) is 6.54 Å². The van der Waals surface area contributed by atoms with Crippen molar-refractivity contribution >= 4 is 23.6 Å². The lowest BCUT2D eigenvalue weighted by Crippen LogP contribution is -2.39. The van der Waals surface area contributed by atoms with Gasteiger partial charge in [0, 0.05) is 6.42 Å². The molecule has 114 valence electrons. The van der Waals surface area contributed by atoms with Gasteiger partial charge in [-0.05, 0) is 31.4 Å². The van der Waals surface area contributed by atoms with Crippen molar-refractivity contribution in [2.75, 3.05) is 6.54 Å². The highest BCUT2D eigenvalue weighted by Crippen LogP contribution is 2.23. The molecule has 0 aromatic heterocycles. The minimum atomic E-state index is -0.739. The van der Waals surface area contributed by atoms with Crippen LogP contribution in [0.4, 0.5) is 0 Å². The lowest BCUT2D eigenvalue weighted by molar-refractivity contribution is -0.156. The minimum Gasteiger partial charge on any atom is -0.453 e. The van der Waals surface area contributed by atoms with Crippen LogP contribution < -0.4 is 0 Å². The zero-order valence-electron chi connectivity index (χ0n) is 11.9. The SMILES string of the molecule is O=C(CN1C(=O)c2ccccc2C1=O)O[C@@H]1CCCCC1=O. The Kier molecular flexibility index (Phi) is 3.75. The molecule has 2 aliphatic rings. The quantitative estimate of drug-likeness (QED) is 0.621. The van der Waals surface area contributed by atoms with Crippen LogP contribution in [-0.4, -0.2) is 41.1 Å². The predicted molar refractivity (Wildman–Crippen MR) is 75.2 cm³/mol. The van der Waals surface area contributed by atoms with E-state index in [1.807, 2.05) is 0 Å². The van der Waals surface area contributed by atoms with Gasteiger partial charge in [0.2, 0.25) is 0 Å². The van der Waals surface area contributed by atoms with Gasteiger partial charge >= 0.3 is 5.97 Å². The normalized spacial score (nSPS) is 21.0. The van der Waals surface area contributed by atoms with Gasteiger partial charge in [-0.3, -0.25) is 24.1 Å². The highest BCUT2D eigenvalue weighted by atomic mass is 16.5. The van der Waals surface area contributed by atoms with Crippen molar-refractivity contribution in [3.8, 4) is 0 Å². The molecule has 0 radical (unpaired) electrons. The average Bonchev–Trinajstić information content (AvgIpc) is 2.75. The van der Waals surface area contributed by atoms with Crippen molar-refractivity contribution in [3.05, 3.63) is 35.4 Å². The molecule has 1 fully saturated rings. The van der Waals surface area contributed by atoms with Crippen LogP contribution in [0.3, 0.4) is 0 Å². The first-order chi connectivity index (χ1) is 10.6. The number of esters is 1. The second-order valence-corrected chi connectivity index (χ2v) is 5.43. The average molecular weight is 301 g/mol. The van der Waals surface area contributed by atoms with E-state index in [4.69, 9.17) is 4.74 Å². The number of carbonyl (C=O) groups excluding carboxylic acids is 4. The third kappa shape index (κ3) is 2.52. The van der Waals surface area contributed by atoms with Crippen LogP contribution in [0, 0.1) is 0 Å². The summed E-state index contributed by atoms with van der Waals surface area (Å²) in [4.78, 5) is 48.7. The lowest BCUT2D eigenvalue weighted by atomic mass is 9.96. The Morgan fingerprint density at radius 2 is 1.73 bits per heavy atom. The number of carbonyl (C=O) groups is 4. The van der Waals surface area contributed by atoms with Crippen LogP contribution in [0.25, 0.3) is 0 Å². The van der Waals surface area contributed by atoms with Crippen molar-refractivity contribution in [2.24, 2.45) is 0 Å². The number of imide groups is 1. The smallest absolute Gasteiger partial charge is 0.326 e. The Bertz CT molecular complexity index is 631. The molecular formula is C16H15NO5. The third-order valence-electron chi connectivity index (χ3n) is 3.94. The van der Waals surface area contributed by atoms with Crippen LogP contribution in [0.1, 0.15) is 46.4 Å². The number of hydrogen-bond donors (Lipinski definition) is 0. The maximum atomic E-state index is 12.1. The molecule has 6 heteroatoms. The molecule has 0 saturated heterocycles. The molecule has 0 bridgehead atoms. The van der Waals surface area contributed by atoms with Crippen LogP contribution in [-0.2, 0) is 14.3 Å². The Hall–Kier alpha value is -2.50. The Morgan fingerprint density at radius 1 is 1.09 bits per heavy atom. The van der Waals surface area contributed by atoms with Crippen molar-refractivity contribution in [1.29, 1.82) is 0 Å². The van der Waals surface area contributed by atoms with Gasteiger partial charge in [0.15, 0.2) is 11.9 Å². The van der Waals surface area contributed by atoms with Gasteiger partial charge in [-0.15, -0.1) is 0 Å². The van der Waals surface area contributed by atoms with E-state index < -0.39 is 30.4 Å². The number of benzene rings is 1. The van der Waals surface area contributed by atoms with E-state index in [0.717, 1.165) is 17.7 Å². The molecule has 0 unspecified atom stereocenters. The molecule has 1 aromatic carbocycles. The largest absolute Gasteiger partial charge is 0.453 e. The summed E-state index contributed by atoms with van der Waals surface area (Å²) in [6.07, 6.45) is 1.82. The second kappa shape index (κ2) is 5.71. The Balaban J connectivity index is 1.67. The highest BCUT2D eigenvalue weighted by Gasteiger charge is 2.37. The van der Waals surface area contributed by atoms with Gasteiger partial charge in [0.25, 0.3) is 11.8 Å². The summed E-state index contributed by atoms with van der Waals surface area (Å²) in [5.41, 5.74) is 0.572. The molecule has 0 spiro atoms. The molecule has 1 aliphatic heterocycles. The van der Waals surface area contributed by atoms with Crippen molar-refractivity contribution in [1.82, 2.24) is 4.90 Å². The van der Waals surface area contributed by atoms with Crippen LogP contribution in [0.2, 0.25) is 0 Å². The van der Waals surface area contributed by atoms with Crippen molar-refractivity contribution < 1.29 is 23.9 Å². The Labute approximate surface area is 127 Å². The number of fused-ring (bicyclic) bond motifs is 1. The van der Waals surface area contributed by atoms with E-state index in [-0.39, 0.29) is 16.9 Å². The van der Waals surface area contributed by atoms with E-state index in [9.17, 15) is 19.2 Å². The van der Waals surface area contributed by atoms with E-state index in [2.05, 4.69) is 0 Å². The number of Topliss-reactive ketones (excluding diaryl/α,β-unsaturated/α-hetero) is 1. The fourth-order valence-electron chi connectivity index (χ4n) is 2.78. The highest BCUT2D eigenvalue weighted by molar-refractivity contribution is 6.22. The van der Waals surface area contributed by atoms with E-state index >= 15 is 0 Å². The third-order valence-corrected chi connectivity index (χ3v) is 3.94. The van der Waals surface area contributed by atoms with Crippen molar-refractivity contribution in [3.63, 3.8) is 0 Å². The van der Waals surface area contributed by atoms with Gasteiger partial charge in [-0.25, -0.2) is 0 Å². The van der Waals surface area contributed by atoms with E-state index in [0.29, 0.717) is 12.8 Å². The fourth-order valence-corrected chi connectivity index (χ4v) is 2.78. The second-order valence-electron chi connectivity index (χ2n) is 5.43. The molecule has 0 N–H and O–H groups in total. The molecule has 1 saturated carbocycles. The fraction of sp³-hybridized carbons (Fsp3) is 0.375. The standard InChI is InChI=1S/C16H15NO5/c18-12-7-3-4-8-13(12)22-14(19)9-17-15(20)10-5-1-2-6-11(10)16(17)21/h1-2,5-6,13H,3-4,7-9H2/t13-/m1/s1. The van der Waals surface area contributed by atoms with Crippen LogP contribution in [0.15, 0.2) is 24.3 Å². The molecule has 1 aliphatic carbocycles. The van der Waals surface area contributed by atoms with Crippen LogP contribution >= 0.6 is 0 Å². The maximum Gasteiger partial charge on any atom is 0.326 e. The summed E-state index contributed by atoms with van der Waals surface area (Å²) < 4.78 is 5.13. The molecule has 1 aromatic rings. The number of amides is 2. The summed E-state index contributed by atoms with van der Waals surface area (Å²) in [6.45, 7) is -0.462. The number of hydrogen-bond acceptors (Lipinski definition) is 5. The topological polar surface area (TPSA) is 80.8 Å². The Morgan fingerprint density at radius 3 is 2.32 bits per heavy atom. The molecule has 2 amide bonds. The van der Waals surface area contributed by atoms with Gasteiger partial charge in [0.05, 0.1) is 11.1 Å². The molecule has 6 nitrogen and oxygen atoms in total. The van der Waals surface area contributed by atoms with E-state index in [1.165, 1.54) is 0 Å². The van der Waals surface area contributed by atoms with Gasteiger partial charge in [-0.2, -0.15) is 0 Å². The zero-order valence-corrected chi connectivity index (χ0v) is 11.9. The number of ketones is 1. The van der Waals surface area contributed by atoms with E-state index in [1.54, 1.807) is 24.3 Å². The summed E-state index contributed by atoms with van der Waals surface area (Å²) in [7, 11) is 0. The number of ether oxygens (including phenoxy) is 1. The summed E-state index contributed by atoms with van der Waals surface area (Å²) in [5, 5.41) is 0. The molecule has 1 heterocycles. The molecule has 3 rings (SSSR count). The monoisotopic (exact) mass is 301 g/mol. The predicted octanol–water partition coefficient (Wildman–Crippen LogP) is 1.34. The minimum absolute atomic E-state index is 0.0954. The number of nitrogens with zero attached hydrogens (tertiary/aromatic N) is 1. The van der Waals surface area contributed by atoms with Crippen LogP contribution in [0.5, 0.6) is 0 Å². The summed E-state index contributed by atoms with van der Waals surface area (Å²) >= 11 is 0. The maximum absolute atomic E-state index is 12.1. The summed E-state index contributed by atoms with van der Waals surface area (Å²) in [6, 6.07) is 6.41. The number of rotatable bonds is 3. The molecular weight excluding hydrogens is 286 g/mol.